The lowest BCUT2D eigenvalue weighted by atomic mass is 9.83. The van der Waals surface area contributed by atoms with Crippen molar-refractivity contribution in [2.45, 2.75) is 32.6 Å². The molecule has 0 unspecified atom stereocenters. The van der Waals surface area contributed by atoms with Gasteiger partial charge in [0.2, 0.25) is 0 Å². The van der Waals surface area contributed by atoms with Gasteiger partial charge >= 0.3 is 5.97 Å². The molecule has 1 aromatic carbocycles. The lowest BCUT2D eigenvalue weighted by molar-refractivity contribution is -0.140. The van der Waals surface area contributed by atoms with E-state index in [-0.39, 0.29) is 11.7 Å². The van der Waals surface area contributed by atoms with E-state index in [0.717, 1.165) is 12.8 Å². The molecule has 0 aliphatic heterocycles. The number of esters is 1. The van der Waals surface area contributed by atoms with Gasteiger partial charge in [-0.15, -0.1) is 0 Å². The van der Waals surface area contributed by atoms with Crippen molar-refractivity contribution in [2.75, 3.05) is 0 Å². The fourth-order valence-corrected chi connectivity index (χ4v) is 2.29. The number of carbonyl (C=O) groups excluding carboxylic acids is 1. The standard InChI is InChI=1S/C14H15F3O2/c1-8-2-4-9(5-3-8)14(18)19-10-6-11(15)13(17)12(16)7-10/h6-9H,2-5H2,1H3/t8-,9-. The zero-order valence-corrected chi connectivity index (χ0v) is 10.6. The Balaban J connectivity index is 2.03. The molecule has 0 amide bonds. The largest absolute Gasteiger partial charge is 0.426 e. The number of carbonyl (C=O) groups is 1. The minimum absolute atomic E-state index is 0.243. The molecule has 0 N–H and O–H groups in total. The van der Waals surface area contributed by atoms with Gasteiger partial charge < -0.3 is 4.74 Å². The summed E-state index contributed by atoms with van der Waals surface area (Å²) in [6.07, 6.45) is 3.30. The van der Waals surface area contributed by atoms with Crippen LogP contribution in [0.2, 0.25) is 0 Å². The lowest BCUT2D eigenvalue weighted by Crippen LogP contribution is -2.25. The van der Waals surface area contributed by atoms with E-state index >= 15 is 0 Å². The Morgan fingerprint density at radius 2 is 1.63 bits per heavy atom. The summed E-state index contributed by atoms with van der Waals surface area (Å²) in [5, 5.41) is 0. The van der Waals surface area contributed by atoms with Crippen molar-refractivity contribution in [3.05, 3.63) is 29.6 Å². The predicted molar refractivity (Wildman–Crippen MR) is 63.1 cm³/mol. The maximum atomic E-state index is 13.0. The maximum absolute atomic E-state index is 13.0. The smallest absolute Gasteiger partial charge is 0.314 e. The summed E-state index contributed by atoms with van der Waals surface area (Å²) in [5.41, 5.74) is 0. The highest BCUT2D eigenvalue weighted by atomic mass is 19.2. The van der Waals surface area contributed by atoms with E-state index in [4.69, 9.17) is 4.74 Å². The summed E-state index contributed by atoms with van der Waals surface area (Å²) >= 11 is 0. The van der Waals surface area contributed by atoms with E-state index in [1.807, 2.05) is 0 Å². The molecule has 2 nitrogen and oxygen atoms in total. The molecule has 0 saturated heterocycles. The molecule has 1 aromatic rings. The molecule has 0 heterocycles. The molecule has 19 heavy (non-hydrogen) atoms. The molecular formula is C14H15F3O2. The van der Waals surface area contributed by atoms with Crippen LogP contribution in [-0.2, 0) is 4.79 Å². The van der Waals surface area contributed by atoms with Crippen molar-refractivity contribution in [1.29, 1.82) is 0 Å². The van der Waals surface area contributed by atoms with E-state index in [1.54, 1.807) is 0 Å². The minimum atomic E-state index is -1.56. The first kappa shape index (κ1) is 13.9. The third-order valence-corrected chi connectivity index (χ3v) is 3.52. The lowest BCUT2D eigenvalue weighted by Gasteiger charge is -2.24. The van der Waals surface area contributed by atoms with E-state index in [0.29, 0.717) is 30.9 Å². The van der Waals surface area contributed by atoms with Crippen LogP contribution in [0.25, 0.3) is 0 Å². The van der Waals surface area contributed by atoms with Crippen LogP contribution in [0.3, 0.4) is 0 Å². The molecule has 0 radical (unpaired) electrons. The first-order valence-corrected chi connectivity index (χ1v) is 6.33. The molecule has 2 rings (SSSR count). The second-order valence-corrected chi connectivity index (χ2v) is 5.08. The highest BCUT2D eigenvalue weighted by Crippen LogP contribution is 2.30. The first-order valence-electron chi connectivity index (χ1n) is 6.33. The molecule has 0 bridgehead atoms. The van der Waals surface area contributed by atoms with Gasteiger partial charge in [-0.1, -0.05) is 6.92 Å². The summed E-state index contributed by atoms with van der Waals surface area (Å²) < 4.78 is 43.6. The van der Waals surface area contributed by atoms with Crippen LogP contribution in [0.4, 0.5) is 13.2 Å². The SMILES string of the molecule is C[C@H]1CC[C@H](C(=O)Oc2cc(F)c(F)c(F)c2)CC1. The molecule has 0 atom stereocenters. The van der Waals surface area contributed by atoms with E-state index in [1.165, 1.54) is 0 Å². The third kappa shape index (κ3) is 3.28. The van der Waals surface area contributed by atoms with E-state index < -0.39 is 23.4 Å². The fraction of sp³-hybridized carbons (Fsp3) is 0.500. The van der Waals surface area contributed by atoms with Gasteiger partial charge in [0, 0.05) is 12.1 Å². The summed E-state index contributed by atoms with van der Waals surface area (Å²) in [6, 6.07) is 1.36. The number of hydrogen-bond acceptors (Lipinski definition) is 2. The molecule has 0 spiro atoms. The molecule has 0 aromatic heterocycles. The molecular weight excluding hydrogens is 257 g/mol. The number of rotatable bonds is 2. The predicted octanol–water partition coefficient (Wildman–Crippen LogP) is 3.84. The van der Waals surface area contributed by atoms with Crippen LogP contribution in [-0.4, -0.2) is 5.97 Å². The third-order valence-electron chi connectivity index (χ3n) is 3.52. The monoisotopic (exact) mass is 272 g/mol. The fourth-order valence-electron chi connectivity index (χ4n) is 2.29. The second-order valence-electron chi connectivity index (χ2n) is 5.08. The minimum Gasteiger partial charge on any atom is -0.426 e. The number of ether oxygens (including phenoxy) is 1. The highest BCUT2D eigenvalue weighted by Gasteiger charge is 2.26. The van der Waals surface area contributed by atoms with Crippen molar-refractivity contribution in [1.82, 2.24) is 0 Å². The van der Waals surface area contributed by atoms with E-state index in [9.17, 15) is 18.0 Å². The molecule has 5 heteroatoms. The Bertz CT molecular complexity index is 457. The van der Waals surface area contributed by atoms with Gasteiger partial charge in [0.1, 0.15) is 5.75 Å². The quantitative estimate of drug-likeness (QED) is 0.464. The van der Waals surface area contributed by atoms with Crippen LogP contribution in [0.5, 0.6) is 5.75 Å². The van der Waals surface area contributed by atoms with Gasteiger partial charge in [-0.05, 0) is 31.6 Å². The maximum Gasteiger partial charge on any atom is 0.314 e. The average Bonchev–Trinajstić information content (AvgIpc) is 2.36. The average molecular weight is 272 g/mol. The van der Waals surface area contributed by atoms with Gasteiger partial charge in [-0.3, -0.25) is 4.79 Å². The summed E-state index contributed by atoms with van der Waals surface area (Å²) in [4.78, 5) is 11.8. The van der Waals surface area contributed by atoms with Gasteiger partial charge in [0.25, 0.3) is 0 Å². The zero-order chi connectivity index (χ0) is 14.0. The zero-order valence-electron chi connectivity index (χ0n) is 10.6. The molecule has 1 aliphatic rings. The highest BCUT2D eigenvalue weighted by molar-refractivity contribution is 5.75. The molecule has 104 valence electrons. The van der Waals surface area contributed by atoms with Crippen molar-refractivity contribution >= 4 is 5.97 Å². The Hall–Kier alpha value is -1.52. The first-order chi connectivity index (χ1) is 8.97. The van der Waals surface area contributed by atoms with Gasteiger partial charge in [-0.25, -0.2) is 13.2 Å². The van der Waals surface area contributed by atoms with Crippen molar-refractivity contribution in [3.8, 4) is 5.75 Å². The number of hydrogen-bond donors (Lipinski definition) is 0. The Kier molecular flexibility index (Phi) is 4.12. The van der Waals surface area contributed by atoms with E-state index in [2.05, 4.69) is 6.92 Å². The molecule has 1 aliphatic carbocycles. The van der Waals surface area contributed by atoms with Crippen molar-refractivity contribution in [3.63, 3.8) is 0 Å². The summed E-state index contributed by atoms with van der Waals surface area (Å²) in [7, 11) is 0. The van der Waals surface area contributed by atoms with Crippen LogP contribution in [0, 0.1) is 29.3 Å². The number of halogens is 3. The number of benzene rings is 1. The van der Waals surface area contributed by atoms with Crippen LogP contribution >= 0.6 is 0 Å². The Morgan fingerprint density at radius 1 is 1.11 bits per heavy atom. The second kappa shape index (κ2) is 5.63. The van der Waals surface area contributed by atoms with Crippen LogP contribution in [0.1, 0.15) is 32.6 Å². The normalized spacial score (nSPS) is 23.2. The van der Waals surface area contributed by atoms with Gasteiger partial charge in [0.05, 0.1) is 5.92 Å². The van der Waals surface area contributed by atoms with Crippen molar-refractivity contribution in [2.24, 2.45) is 11.8 Å². The Morgan fingerprint density at radius 3 is 2.16 bits per heavy atom. The Labute approximate surface area is 109 Å². The van der Waals surface area contributed by atoms with Gasteiger partial charge in [-0.2, -0.15) is 0 Å². The summed E-state index contributed by atoms with van der Waals surface area (Å²) in [6.45, 7) is 2.12. The van der Waals surface area contributed by atoms with Crippen molar-refractivity contribution < 1.29 is 22.7 Å². The van der Waals surface area contributed by atoms with Gasteiger partial charge in [0.15, 0.2) is 17.5 Å². The van der Waals surface area contributed by atoms with Crippen LogP contribution < -0.4 is 4.74 Å². The summed E-state index contributed by atoms with van der Waals surface area (Å²) in [5.74, 6) is -4.74. The molecule has 1 fully saturated rings. The van der Waals surface area contributed by atoms with Crippen LogP contribution in [0.15, 0.2) is 12.1 Å². The molecule has 1 saturated carbocycles. The topological polar surface area (TPSA) is 26.3 Å².